The van der Waals surface area contributed by atoms with Gasteiger partial charge < -0.3 is 9.47 Å². The first-order chi connectivity index (χ1) is 16.9. The summed E-state index contributed by atoms with van der Waals surface area (Å²) in [6.45, 7) is 1.74. The summed E-state index contributed by atoms with van der Waals surface area (Å²) in [6.07, 6.45) is -8.80. The number of ether oxygens (including phenoxy) is 2. The number of benzene rings is 3. The molecule has 9 heteroatoms. The Labute approximate surface area is 203 Å². The predicted octanol–water partition coefficient (Wildman–Crippen LogP) is 8.38. The quantitative estimate of drug-likeness (QED) is 0.296. The van der Waals surface area contributed by atoms with E-state index in [1.54, 1.807) is 19.1 Å². The van der Waals surface area contributed by atoms with Crippen molar-refractivity contribution >= 4 is 0 Å². The fraction of sp³-hybridized carbons (Fsp3) is 0.333. The summed E-state index contributed by atoms with van der Waals surface area (Å²) in [5.74, 6) is -4.81. The van der Waals surface area contributed by atoms with Crippen LogP contribution in [0.4, 0.5) is 30.7 Å². The highest BCUT2D eigenvalue weighted by Gasteiger charge is 2.46. The van der Waals surface area contributed by atoms with Gasteiger partial charge in [-0.2, -0.15) is 17.6 Å². The van der Waals surface area contributed by atoms with Crippen molar-refractivity contribution in [3.8, 4) is 16.9 Å². The van der Waals surface area contributed by atoms with E-state index >= 15 is 0 Å². The number of rotatable bonds is 7. The van der Waals surface area contributed by atoms with Crippen molar-refractivity contribution in [2.75, 3.05) is 0 Å². The van der Waals surface area contributed by atoms with E-state index < -0.39 is 53.0 Å². The third-order valence-corrected chi connectivity index (χ3v) is 6.27. The van der Waals surface area contributed by atoms with Crippen molar-refractivity contribution in [1.29, 1.82) is 0 Å². The third kappa shape index (κ3) is 5.83. The summed E-state index contributed by atoms with van der Waals surface area (Å²) in [5, 5.41) is 0. The van der Waals surface area contributed by atoms with Crippen molar-refractivity contribution in [2.24, 2.45) is 5.92 Å². The highest BCUT2D eigenvalue weighted by atomic mass is 19.3. The lowest BCUT2D eigenvalue weighted by Gasteiger charge is -2.34. The second-order valence-corrected chi connectivity index (χ2v) is 8.91. The minimum Gasteiger partial charge on any atom is -0.432 e. The van der Waals surface area contributed by atoms with Crippen LogP contribution in [0.5, 0.6) is 5.75 Å². The molecule has 1 fully saturated rings. The molecule has 0 unspecified atom stereocenters. The van der Waals surface area contributed by atoms with Gasteiger partial charge in [0.1, 0.15) is 11.6 Å². The molecule has 0 heterocycles. The standard InChI is InChI=1S/C27H23F7O2/c1-16-2-12-22(24(29)14-16)17-3-5-18(6-4-17)26(31,32)35-20-9-7-19(8-10-20)27(33,34)36-21-11-13-23(28)25(30)15-21/h2-6,11-15,19-20H,7-10H2,1H3. The van der Waals surface area contributed by atoms with Crippen molar-refractivity contribution < 1.29 is 40.2 Å². The maximum atomic E-state index is 14.8. The molecule has 0 radical (unpaired) electrons. The monoisotopic (exact) mass is 512 g/mol. The van der Waals surface area contributed by atoms with Gasteiger partial charge in [0.05, 0.1) is 17.6 Å². The van der Waals surface area contributed by atoms with Gasteiger partial charge in [0.2, 0.25) is 0 Å². The van der Waals surface area contributed by atoms with Gasteiger partial charge in [0, 0.05) is 11.6 Å². The third-order valence-electron chi connectivity index (χ3n) is 6.27. The molecule has 3 aromatic rings. The van der Waals surface area contributed by atoms with Gasteiger partial charge in [-0.25, -0.2) is 13.2 Å². The van der Waals surface area contributed by atoms with E-state index in [0.29, 0.717) is 17.7 Å². The molecule has 0 N–H and O–H groups in total. The van der Waals surface area contributed by atoms with Crippen LogP contribution >= 0.6 is 0 Å². The molecule has 4 rings (SSSR count). The van der Waals surface area contributed by atoms with Gasteiger partial charge in [-0.05, 0) is 74.1 Å². The molecule has 0 aromatic heterocycles. The topological polar surface area (TPSA) is 18.5 Å². The maximum absolute atomic E-state index is 14.8. The summed E-state index contributed by atoms with van der Waals surface area (Å²) in [6, 6.07) is 11.7. The Morgan fingerprint density at radius 3 is 2.00 bits per heavy atom. The molecule has 0 bridgehead atoms. The van der Waals surface area contributed by atoms with Crippen molar-refractivity contribution in [2.45, 2.75) is 50.9 Å². The molecular formula is C27H23F7O2. The van der Waals surface area contributed by atoms with Crippen molar-refractivity contribution in [3.63, 3.8) is 0 Å². The van der Waals surface area contributed by atoms with Gasteiger partial charge in [-0.3, -0.25) is 0 Å². The van der Waals surface area contributed by atoms with Gasteiger partial charge in [0.15, 0.2) is 11.6 Å². The fourth-order valence-electron chi connectivity index (χ4n) is 4.27. The van der Waals surface area contributed by atoms with Crippen LogP contribution in [-0.4, -0.2) is 12.2 Å². The van der Waals surface area contributed by atoms with Crippen LogP contribution in [0.1, 0.15) is 36.8 Å². The Morgan fingerprint density at radius 1 is 0.722 bits per heavy atom. The summed E-state index contributed by atoms with van der Waals surface area (Å²) >= 11 is 0. The van der Waals surface area contributed by atoms with Crippen molar-refractivity contribution in [1.82, 2.24) is 0 Å². The normalized spacial score (nSPS) is 18.8. The molecule has 1 saturated carbocycles. The zero-order chi connectivity index (χ0) is 26.1. The lowest BCUT2D eigenvalue weighted by molar-refractivity contribution is -0.284. The zero-order valence-corrected chi connectivity index (χ0v) is 19.2. The Bertz CT molecular complexity index is 1200. The van der Waals surface area contributed by atoms with Crippen LogP contribution in [0.2, 0.25) is 0 Å². The van der Waals surface area contributed by atoms with Gasteiger partial charge in [-0.15, -0.1) is 0 Å². The van der Waals surface area contributed by atoms with Gasteiger partial charge >= 0.3 is 12.2 Å². The molecule has 1 aliphatic carbocycles. The molecule has 0 atom stereocenters. The molecule has 36 heavy (non-hydrogen) atoms. The van der Waals surface area contributed by atoms with E-state index in [9.17, 15) is 30.7 Å². The Morgan fingerprint density at radius 2 is 1.39 bits per heavy atom. The number of hydrogen-bond acceptors (Lipinski definition) is 2. The maximum Gasteiger partial charge on any atom is 0.400 e. The first-order valence-corrected chi connectivity index (χ1v) is 11.4. The predicted molar refractivity (Wildman–Crippen MR) is 119 cm³/mol. The molecule has 1 aliphatic rings. The largest absolute Gasteiger partial charge is 0.432 e. The number of halogens is 7. The summed E-state index contributed by atoms with van der Waals surface area (Å²) in [7, 11) is 0. The minimum atomic E-state index is -3.70. The molecule has 192 valence electrons. The van der Waals surface area contributed by atoms with Crippen LogP contribution in [-0.2, 0) is 10.8 Å². The second-order valence-electron chi connectivity index (χ2n) is 8.91. The summed E-state index contributed by atoms with van der Waals surface area (Å²) < 4.78 is 109. The summed E-state index contributed by atoms with van der Waals surface area (Å²) in [5.41, 5.74) is 1.00. The molecule has 0 aliphatic heterocycles. The van der Waals surface area contributed by atoms with Gasteiger partial charge in [0.25, 0.3) is 0 Å². The van der Waals surface area contributed by atoms with E-state index in [2.05, 4.69) is 4.74 Å². The van der Waals surface area contributed by atoms with Crippen molar-refractivity contribution in [3.05, 3.63) is 89.2 Å². The van der Waals surface area contributed by atoms with Crippen LogP contribution in [0, 0.1) is 30.3 Å². The SMILES string of the molecule is Cc1ccc(-c2ccc(C(F)(F)OC3CCC(C(F)(F)Oc4ccc(F)c(F)c4)CC3)cc2)c(F)c1. The fourth-order valence-corrected chi connectivity index (χ4v) is 4.27. The molecule has 0 amide bonds. The Kier molecular flexibility index (Phi) is 7.31. The smallest absolute Gasteiger partial charge is 0.400 e. The molecule has 0 spiro atoms. The van der Waals surface area contributed by atoms with E-state index in [4.69, 9.17) is 4.74 Å². The number of aryl methyl sites for hydroxylation is 1. The molecule has 0 saturated heterocycles. The lowest BCUT2D eigenvalue weighted by atomic mass is 9.86. The number of hydrogen-bond donors (Lipinski definition) is 0. The highest BCUT2D eigenvalue weighted by Crippen LogP contribution is 2.42. The van der Waals surface area contributed by atoms with E-state index in [1.165, 1.54) is 18.2 Å². The average molecular weight is 512 g/mol. The Balaban J connectivity index is 1.35. The lowest BCUT2D eigenvalue weighted by Crippen LogP contribution is -2.39. The average Bonchev–Trinajstić information content (AvgIpc) is 2.81. The number of alkyl halides is 4. The minimum absolute atomic E-state index is 0.0658. The van der Waals surface area contributed by atoms with E-state index in [1.807, 2.05) is 0 Å². The second kappa shape index (κ2) is 10.1. The highest BCUT2D eigenvalue weighted by molar-refractivity contribution is 5.64. The van der Waals surface area contributed by atoms with E-state index in [-0.39, 0.29) is 31.2 Å². The first-order valence-electron chi connectivity index (χ1n) is 11.4. The molecule has 2 nitrogen and oxygen atoms in total. The first kappa shape index (κ1) is 26.0. The van der Waals surface area contributed by atoms with Crippen LogP contribution < -0.4 is 4.74 Å². The summed E-state index contributed by atoms with van der Waals surface area (Å²) in [4.78, 5) is 0. The van der Waals surface area contributed by atoms with Crippen LogP contribution in [0.15, 0.2) is 60.7 Å². The van der Waals surface area contributed by atoms with Crippen LogP contribution in [0.25, 0.3) is 11.1 Å². The Hall–Kier alpha value is -3.07. The molecule has 3 aromatic carbocycles. The molecular weight excluding hydrogens is 489 g/mol. The zero-order valence-electron chi connectivity index (χ0n) is 19.2. The van der Waals surface area contributed by atoms with E-state index in [0.717, 1.165) is 23.8 Å². The van der Waals surface area contributed by atoms with Gasteiger partial charge in [-0.1, -0.05) is 24.3 Å². The van der Waals surface area contributed by atoms with Crippen LogP contribution in [0.3, 0.4) is 0 Å².